The molecule has 8 nitrogen and oxygen atoms in total. The molecule has 1 aliphatic carbocycles. The minimum absolute atomic E-state index is 0.00438. The number of sulfonamides is 1. The third-order valence-corrected chi connectivity index (χ3v) is 9.33. The first kappa shape index (κ1) is 30.7. The van der Waals surface area contributed by atoms with Crippen molar-refractivity contribution >= 4 is 50.7 Å². The zero-order valence-electron chi connectivity index (χ0n) is 22.9. The second-order valence-corrected chi connectivity index (χ2v) is 12.7. The lowest BCUT2D eigenvalue weighted by Gasteiger charge is -2.32. The standard InChI is InChI=1S/C30H33Cl2N3O5S/c1-21(30(37)33-25-10-6-7-11-25)34(19-22-9-8-12-27(15-22)40-2)29(36)20-35(26-17-23(31)16-24(32)18-26)41(38,39)28-13-4-3-5-14-28/h3-5,8-9,12-18,21,25H,6-7,10-11,19-20H2,1-2H3,(H,33,37). The van der Waals surface area contributed by atoms with Gasteiger partial charge in [0, 0.05) is 22.6 Å². The normalized spacial score (nSPS) is 14.3. The number of hydrogen-bond acceptors (Lipinski definition) is 5. The molecule has 0 aliphatic heterocycles. The number of anilines is 1. The maximum absolute atomic E-state index is 14.1. The molecule has 0 heterocycles. The molecule has 1 aliphatic rings. The van der Waals surface area contributed by atoms with Crippen LogP contribution in [0.3, 0.4) is 0 Å². The van der Waals surface area contributed by atoms with E-state index in [0.717, 1.165) is 35.6 Å². The van der Waals surface area contributed by atoms with E-state index in [1.54, 1.807) is 50.4 Å². The molecule has 2 amide bonds. The van der Waals surface area contributed by atoms with Crippen molar-refractivity contribution < 1.29 is 22.7 Å². The minimum atomic E-state index is -4.22. The van der Waals surface area contributed by atoms with E-state index in [1.807, 2.05) is 6.07 Å². The van der Waals surface area contributed by atoms with Crippen LogP contribution in [0.15, 0.2) is 77.7 Å². The number of amides is 2. The Balaban J connectivity index is 1.71. The Hall–Kier alpha value is -3.27. The molecule has 4 rings (SSSR count). The van der Waals surface area contributed by atoms with E-state index in [0.29, 0.717) is 5.75 Å². The molecule has 3 aromatic carbocycles. The Bertz CT molecular complexity index is 1460. The predicted octanol–water partition coefficient (Wildman–Crippen LogP) is 5.67. The third kappa shape index (κ3) is 7.72. The highest BCUT2D eigenvalue weighted by Gasteiger charge is 2.33. The number of carbonyl (C=O) groups is 2. The number of hydrogen-bond donors (Lipinski definition) is 1. The summed E-state index contributed by atoms with van der Waals surface area (Å²) >= 11 is 12.5. The van der Waals surface area contributed by atoms with Gasteiger partial charge in [-0.05, 0) is 67.8 Å². The summed E-state index contributed by atoms with van der Waals surface area (Å²) in [5.41, 5.74) is 0.852. The van der Waals surface area contributed by atoms with E-state index >= 15 is 0 Å². The number of nitrogens with zero attached hydrogens (tertiary/aromatic N) is 2. The van der Waals surface area contributed by atoms with Crippen LogP contribution in [-0.2, 0) is 26.2 Å². The van der Waals surface area contributed by atoms with Gasteiger partial charge in [0.05, 0.1) is 17.7 Å². The summed E-state index contributed by atoms with van der Waals surface area (Å²) in [7, 11) is -2.67. The van der Waals surface area contributed by atoms with E-state index < -0.39 is 28.5 Å². The molecule has 1 N–H and O–H groups in total. The second-order valence-electron chi connectivity index (χ2n) is 9.99. The quantitative estimate of drug-likeness (QED) is 0.299. The first-order valence-corrected chi connectivity index (χ1v) is 15.5. The Morgan fingerprint density at radius 2 is 1.63 bits per heavy atom. The fraction of sp³-hybridized carbons (Fsp3) is 0.333. The molecule has 3 aromatic rings. The maximum Gasteiger partial charge on any atom is 0.264 e. The lowest BCUT2D eigenvalue weighted by Crippen LogP contribution is -2.52. The summed E-state index contributed by atoms with van der Waals surface area (Å²) in [6, 6.07) is 18.5. The molecule has 0 bridgehead atoms. The van der Waals surface area contributed by atoms with Crippen molar-refractivity contribution in [1.29, 1.82) is 0 Å². The Kier molecular flexibility index (Phi) is 10.2. The van der Waals surface area contributed by atoms with Crippen LogP contribution in [0.5, 0.6) is 5.75 Å². The second kappa shape index (κ2) is 13.6. The summed E-state index contributed by atoms with van der Waals surface area (Å²) in [5, 5.41) is 3.48. The van der Waals surface area contributed by atoms with Crippen molar-refractivity contribution in [1.82, 2.24) is 10.2 Å². The highest BCUT2D eigenvalue weighted by atomic mass is 35.5. The van der Waals surface area contributed by atoms with Crippen LogP contribution in [0.1, 0.15) is 38.2 Å². The third-order valence-electron chi connectivity index (χ3n) is 7.10. The lowest BCUT2D eigenvalue weighted by atomic mass is 10.1. The Morgan fingerprint density at radius 3 is 2.27 bits per heavy atom. The summed E-state index contributed by atoms with van der Waals surface area (Å²) in [4.78, 5) is 28.8. The number of rotatable bonds is 11. The summed E-state index contributed by atoms with van der Waals surface area (Å²) < 4.78 is 34.0. The molecule has 0 saturated heterocycles. The molecule has 11 heteroatoms. The van der Waals surface area contributed by atoms with Gasteiger partial charge in [-0.2, -0.15) is 0 Å². The molecule has 0 radical (unpaired) electrons. The van der Waals surface area contributed by atoms with Crippen LogP contribution in [0, 0.1) is 0 Å². The number of carbonyl (C=O) groups excluding carboxylic acids is 2. The van der Waals surface area contributed by atoms with Gasteiger partial charge in [-0.15, -0.1) is 0 Å². The van der Waals surface area contributed by atoms with Crippen LogP contribution >= 0.6 is 23.2 Å². The van der Waals surface area contributed by atoms with Gasteiger partial charge in [0.15, 0.2) is 0 Å². The summed E-state index contributed by atoms with van der Waals surface area (Å²) in [5.74, 6) is -0.270. The molecule has 218 valence electrons. The zero-order valence-corrected chi connectivity index (χ0v) is 25.3. The minimum Gasteiger partial charge on any atom is -0.497 e. The van der Waals surface area contributed by atoms with Crippen LogP contribution in [0.25, 0.3) is 0 Å². The van der Waals surface area contributed by atoms with Crippen molar-refractivity contribution in [3.05, 3.63) is 88.4 Å². The summed E-state index contributed by atoms with van der Waals surface area (Å²) in [6.45, 7) is 1.12. The monoisotopic (exact) mass is 617 g/mol. The molecule has 41 heavy (non-hydrogen) atoms. The topological polar surface area (TPSA) is 96.0 Å². The largest absolute Gasteiger partial charge is 0.497 e. The smallest absolute Gasteiger partial charge is 0.264 e. The van der Waals surface area contributed by atoms with Crippen LogP contribution < -0.4 is 14.4 Å². The Labute approximate surface area is 251 Å². The fourth-order valence-corrected chi connectivity index (χ4v) is 6.81. The van der Waals surface area contributed by atoms with E-state index in [1.165, 1.54) is 35.2 Å². The predicted molar refractivity (Wildman–Crippen MR) is 161 cm³/mol. The van der Waals surface area contributed by atoms with Gasteiger partial charge in [-0.3, -0.25) is 13.9 Å². The first-order chi connectivity index (χ1) is 19.6. The van der Waals surface area contributed by atoms with Crippen molar-refractivity contribution in [3.63, 3.8) is 0 Å². The molecule has 0 aromatic heterocycles. The van der Waals surface area contributed by atoms with Crippen molar-refractivity contribution in [2.24, 2.45) is 0 Å². The van der Waals surface area contributed by atoms with Crippen molar-refractivity contribution in [2.75, 3.05) is 18.0 Å². The molecule has 1 fully saturated rings. The number of benzene rings is 3. The van der Waals surface area contributed by atoms with Gasteiger partial charge in [0.1, 0.15) is 18.3 Å². The van der Waals surface area contributed by atoms with Crippen molar-refractivity contribution in [2.45, 2.75) is 56.1 Å². The zero-order chi connectivity index (χ0) is 29.6. The van der Waals surface area contributed by atoms with Crippen LogP contribution in [0.4, 0.5) is 5.69 Å². The van der Waals surface area contributed by atoms with Gasteiger partial charge in [0.2, 0.25) is 11.8 Å². The summed E-state index contributed by atoms with van der Waals surface area (Å²) in [6.07, 6.45) is 3.86. The molecule has 1 unspecified atom stereocenters. The number of halogens is 2. The highest BCUT2D eigenvalue weighted by molar-refractivity contribution is 7.92. The van der Waals surface area contributed by atoms with Gasteiger partial charge < -0.3 is 15.0 Å². The van der Waals surface area contributed by atoms with Crippen LogP contribution in [-0.4, -0.2) is 50.9 Å². The van der Waals surface area contributed by atoms with Gasteiger partial charge in [0.25, 0.3) is 10.0 Å². The van der Waals surface area contributed by atoms with Gasteiger partial charge >= 0.3 is 0 Å². The molecular weight excluding hydrogens is 585 g/mol. The number of methoxy groups -OCH3 is 1. The van der Waals surface area contributed by atoms with Gasteiger partial charge in [-0.25, -0.2) is 8.42 Å². The van der Waals surface area contributed by atoms with E-state index in [9.17, 15) is 18.0 Å². The van der Waals surface area contributed by atoms with E-state index in [-0.39, 0.29) is 39.1 Å². The van der Waals surface area contributed by atoms with E-state index in [4.69, 9.17) is 27.9 Å². The fourth-order valence-electron chi connectivity index (χ4n) is 4.87. The van der Waals surface area contributed by atoms with E-state index in [2.05, 4.69) is 5.32 Å². The van der Waals surface area contributed by atoms with Crippen LogP contribution in [0.2, 0.25) is 10.0 Å². The molecule has 1 atom stereocenters. The number of nitrogens with one attached hydrogen (secondary N) is 1. The average Bonchev–Trinajstić information content (AvgIpc) is 3.47. The Morgan fingerprint density at radius 1 is 0.976 bits per heavy atom. The molecular formula is C30H33Cl2N3O5S. The molecule has 1 saturated carbocycles. The molecule has 0 spiro atoms. The SMILES string of the molecule is COc1cccc(CN(C(=O)CN(c2cc(Cl)cc(Cl)c2)S(=O)(=O)c2ccccc2)C(C)C(=O)NC2CCCC2)c1. The number of ether oxygens (including phenoxy) is 1. The first-order valence-electron chi connectivity index (χ1n) is 13.3. The van der Waals surface area contributed by atoms with Gasteiger partial charge in [-0.1, -0.05) is 66.4 Å². The highest BCUT2D eigenvalue weighted by Crippen LogP contribution is 2.30. The van der Waals surface area contributed by atoms with Crippen molar-refractivity contribution in [3.8, 4) is 5.75 Å². The average molecular weight is 619 g/mol. The maximum atomic E-state index is 14.1. The lowest BCUT2D eigenvalue weighted by molar-refractivity contribution is -0.139.